The highest BCUT2D eigenvalue weighted by atomic mass is 16.3. The molecular weight excluding hydrogens is 268 g/mol. The summed E-state index contributed by atoms with van der Waals surface area (Å²) < 4.78 is 1.64. The Hall–Kier alpha value is -2.21. The van der Waals surface area contributed by atoms with Gasteiger partial charge in [0.1, 0.15) is 18.3 Å². The molecule has 1 aromatic carbocycles. The van der Waals surface area contributed by atoms with Crippen molar-refractivity contribution in [3.8, 4) is 0 Å². The summed E-state index contributed by atoms with van der Waals surface area (Å²) in [4.78, 5) is 17.8. The van der Waals surface area contributed by atoms with Gasteiger partial charge in [-0.25, -0.2) is 4.98 Å². The van der Waals surface area contributed by atoms with E-state index in [0.29, 0.717) is 32.5 Å². The van der Waals surface area contributed by atoms with Gasteiger partial charge in [-0.3, -0.25) is 9.48 Å². The molecule has 1 fully saturated rings. The van der Waals surface area contributed by atoms with Crippen LogP contribution >= 0.6 is 0 Å². The van der Waals surface area contributed by atoms with Gasteiger partial charge in [0.2, 0.25) is 5.91 Å². The van der Waals surface area contributed by atoms with E-state index in [-0.39, 0.29) is 5.91 Å². The Labute approximate surface area is 123 Å². The zero-order valence-corrected chi connectivity index (χ0v) is 11.7. The van der Waals surface area contributed by atoms with E-state index in [1.165, 1.54) is 6.33 Å². The molecule has 1 aliphatic rings. The number of likely N-dealkylation sites (tertiary alicyclic amines) is 1. The Morgan fingerprint density at radius 2 is 2.14 bits per heavy atom. The van der Waals surface area contributed by atoms with Crippen LogP contribution in [-0.2, 0) is 16.9 Å². The zero-order chi connectivity index (χ0) is 14.7. The normalized spacial score (nSPS) is 21.7. The second-order valence-electron chi connectivity index (χ2n) is 5.37. The molecule has 0 bridgehead atoms. The number of hydrogen-bond donors (Lipinski definition) is 1. The number of benzene rings is 1. The van der Waals surface area contributed by atoms with E-state index in [1.54, 1.807) is 15.9 Å². The molecule has 1 amide bonds. The third-order valence-corrected chi connectivity index (χ3v) is 3.93. The van der Waals surface area contributed by atoms with Gasteiger partial charge in [0, 0.05) is 13.0 Å². The molecule has 1 aromatic heterocycles. The summed E-state index contributed by atoms with van der Waals surface area (Å²) in [7, 11) is 0. The maximum Gasteiger partial charge on any atom is 0.224 e. The molecule has 21 heavy (non-hydrogen) atoms. The van der Waals surface area contributed by atoms with Crippen molar-refractivity contribution in [2.24, 2.45) is 0 Å². The number of rotatable bonds is 4. The molecule has 3 rings (SSSR count). The molecule has 2 heterocycles. The average Bonchev–Trinajstić information content (AvgIpc) is 3.16. The van der Waals surface area contributed by atoms with Crippen LogP contribution < -0.4 is 0 Å². The molecular formula is C15H18N4O2. The topological polar surface area (TPSA) is 71.2 Å². The largest absolute Gasteiger partial charge is 0.383 e. The van der Waals surface area contributed by atoms with Crippen LogP contribution in [0.3, 0.4) is 0 Å². The van der Waals surface area contributed by atoms with Crippen LogP contribution in [0.2, 0.25) is 0 Å². The molecule has 6 nitrogen and oxygen atoms in total. The molecule has 1 aliphatic heterocycles. The minimum absolute atomic E-state index is 0.0392. The molecule has 0 spiro atoms. The van der Waals surface area contributed by atoms with Gasteiger partial charge in [-0.2, -0.15) is 5.10 Å². The van der Waals surface area contributed by atoms with Crippen molar-refractivity contribution < 1.29 is 9.90 Å². The van der Waals surface area contributed by atoms with Gasteiger partial charge in [0.15, 0.2) is 0 Å². The summed E-state index contributed by atoms with van der Waals surface area (Å²) in [5.74, 6) is 0.0392. The summed E-state index contributed by atoms with van der Waals surface area (Å²) in [5, 5.41) is 14.7. The number of carbonyl (C=O) groups excluding carboxylic acids is 1. The number of amides is 1. The lowest BCUT2D eigenvalue weighted by molar-refractivity contribution is -0.131. The highest BCUT2D eigenvalue weighted by molar-refractivity contribution is 5.76. The monoisotopic (exact) mass is 286 g/mol. The predicted octanol–water partition coefficient (Wildman–Crippen LogP) is 0.788. The molecule has 0 radical (unpaired) electrons. The van der Waals surface area contributed by atoms with E-state index in [4.69, 9.17) is 0 Å². The van der Waals surface area contributed by atoms with Crippen LogP contribution in [0.5, 0.6) is 0 Å². The summed E-state index contributed by atoms with van der Waals surface area (Å²) in [6, 6.07) is 9.54. The first-order valence-electron chi connectivity index (χ1n) is 7.05. The Balaban J connectivity index is 1.60. The molecule has 0 unspecified atom stereocenters. The zero-order valence-electron chi connectivity index (χ0n) is 11.7. The molecule has 1 saturated heterocycles. The number of hydrogen-bond acceptors (Lipinski definition) is 4. The van der Waals surface area contributed by atoms with Gasteiger partial charge < -0.3 is 10.0 Å². The van der Waals surface area contributed by atoms with Gasteiger partial charge in [0.05, 0.1) is 13.1 Å². The number of aryl methyl sites for hydroxylation is 1. The number of carbonyl (C=O) groups is 1. The fraction of sp³-hybridized carbons (Fsp3) is 0.400. The second kappa shape index (κ2) is 5.65. The minimum atomic E-state index is -0.926. The molecule has 0 aliphatic carbocycles. The molecule has 2 aromatic rings. The van der Waals surface area contributed by atoms with Crippen molar-refractivity contribution in [2.45, 2.75) is 25.0 Å². The maximum absolute atomic E-state index is 12.2. The standard InChI is InChI=1S/C15H18N4O2/c20-14(6-8-19-12-16-11-17-19)18-9-7-15(21,10-18)13-4-2-1-3-5-13/h1-5,11-12,21H,6-10H2/t15-/m0/s1. The predicted molar refractivity (Wildman–Crippen MR) is 76.2 cm³/mol. The first-order chi connectivity index (χ1) is 10.2. The van der Waals surface area contributed by atoms with Crippen LogP contribution in [0.4, 0.5) is 0 Å². The fourth-order valence-electron chi connectivity index (χ4n) is 2.71. The van der Waals surface area contributed by atoms with Crippen molar-refractivity contribution in [1.29, 1.82) is 0 Å². The quantitative estimate of drug-likeness (QED) is 0.902. The lowest BCUT2D eigenvalue weighted by Crippen LogP contribution is -2.34. The van der Waals surface area contributed by atoms with E-state index in [9.17, 15) is 9.90 Å². The molecule has 6 heteroatoms. The Bertz CT molecular complexity index is 599. The summed E-state index contributed by atoms with van der Waals surface area (Å²) in [5.41, 5.74) is -0.0546. The van der Waals surface area contributed by atoms with Crippen molar-refractivity contribution in [2.75, 3.05) is 13.1 Å². The number of aliphatic hydroxyl groups is 1. The molecule has 1 N–H and O–H groups in total. The summed E-state index contributed by atoms with van der Waals surface area (Å²) in [6.07, 6.45) is 3.99. The molecule has 0 saturated carbocycles. The van der Waals surface area contributed by atoms with E-state index < -0.39 is 5.60 Å². The van der Waals surface area contributed by atoms with Gasteiger partial charge in [-0.15, -0.1) is 0 Å². The fourth-order valence-corrected chi connectivity index (χ4v) is 2.71. The third-order valence-electron chi connectivity index (χ3n) is 3.93. The van der Waals surface area contributed by atoms with E-state index in [2.05, 4.69) is 10.1 Å². The van der Waals surface area contributed by atoms with Crippen LogP contribution in [0.25, 0.3) is 0 Å². The Morgan fingerprint density at radius 1 is 1.33 bits per heavy atom. The highest BCUT2D eigenvalue weighted by Crippen LogP contribution is 2.31. The third kappa shape index (κ3) is 2.95. The number of nitrogens with zero attached hydrogens (tertiary/aromatic N) is 4. The van der Waals surface area contributed by atoms with Crippen molar-refractivity contribution in [1.82, 2.24) is 19.7 Å². The van der Waals surface area contributed by atoms with Crippen LogP contribution in [-0.4, -0.2) is 43.8 Å². The lowest BCUT2D eigenvalue weighted by Gasteiger charge is -2.24. The smallest absolute Gasteiger partial charge is 0.224 e. The van der Waals surface area contributed by atoms with Crippen LogP contribution in [0.1, 0.15) is 18.4 Å². The van der Waals surface area contributed by atoms with Gasteiger partial charge in [0.25, 0.3) is 0 Å². The van der Waals surface area contributed by atoms with E-state index >= 15 is 0 Å². The Kier molecular flexibility index (Phi) is 3.70. The van der Waals surface area contributed by atoms with Gasteiger partial charge >= 0.3 is 0 Å². The minimum Gasteiger partial charge on any atom is -0.383 e. The van der Waals surface area contributed by atoms with Crippen molar-refractivity contribution >= 4 is 5.91 Å². The van der Waals surface area contributed by atoms with E-state index in [1.807, 2.05) is 30.3 Å². The Morgan fingerprint density at radius 3 is 2.86 bits per heavy atom. The molecule has 110 valence electrons. The van der Waals surface area contributed by atoms with Gasteiger partial charge in [-0.05, 0) is 12.0 Å². The number of β-amino-alcohol motifs (C(OH)–C–C–N with tert-alkyl or cyclic N) is 1. The average molecular weight is 286 g/mol. The number of aromatic nitrogens is 3. The van der Waals surface area contributed by atoms with Crippen LogP contribution in [0, 0.1) is 0 Å². The summed E-state index contributed by atoms with van der Waals surface area (Å²) in [6.45, 7) is 1.45. The molecule has 1 atom stereocenters. The lowest BCUT2D eigenvalue weighted by atomic mass is 9.93. The highest BCUT2D eigenvalue weighted by Gasteiger charge is 2.39. The SMILES string of the molecule is O=C(CCn1cncn1)N1CC[C@@](O)(c2ccccc2)C1. The van der Waals surface area contributed by atoms with Crippen LogP contribution in [0.15, 0.2) is 43.0 Å². The van der Waals surface area contributed by atoms with Crippen molar-refractivity contribution in [3.63, 3.8) is 0 Å². The first kappa shape index (κ1) is 13.8. The van der Waals surface area contributed by atoms with Gasteiger partial charge in [-0.1, -0.05) is 30.3 Å². The summed E-state index contributed by atoms with van der Waals surface area (Å²) >= 11 is 0. The maximum atomic E-state index is 12.2. The first-order valence-corrected chi connectivity index (χ1v) is 7.05. The second-order valence-corrected chi connectivity index (χ2v) is 5.37. The van der Waals surface area contributed by atoms with E-state index in [0.717, 1.165) is 5.56 Å². The van der Waals surface area contributed by atoms with Crippen molar-refractivity contribution in [3.05, 3.63) is 48.5 Å².